The van der Waals surface area contributed by atoms with E-state index in [0.717, 1.165) is 6.54 Å². The highest BCUT2D eigenvalue weighted by molar-refractivity contribution is 6.04. The van der Waals surface area contributed by atoms with E-state index in [4.69, 9.17) is 0 Å². The molecule has 22 heavy (non-hydrogen) atoms. The van der Waals surface area contributed by atoms with Crippen LogP contribution in [0.15, 0.2) is 0 Å². The van der Waals surface area contributed by atoms with Gasteiger partial charge in [-0.25, -0.2) is 0 Å². The van der Waals surface area contributed by atoms with Crippen molar-refractivity contribution in [3.8, 4) is 0 Å². The number of nitrogens with zero attached hydrogens (tertiary/aromatic N) is 3. The highest BCUT2D eigenvalue weighted by Crippen LogP contribution is 2.20. The molecule has 1 heterocycles. The zero-order valence-corrected chi connectivity index (χ0v) is 14.3. The van der Waals surface area contributed by atoms with Gasteiger partial charge in [0.25, 0.3) is 0 Å². The van der Waals surface area contributed by atoms with Gasteiger partial charge in [0.05, 0.1) is 0 Å². The molecule has 1 aliphatic heterocycles. The molecule has 3 amide bonds. The summed E-state index contributed by atoms with van der Waals surface area (Å²) < 4.78 is 0. The van der Waals surface area contributed by atoms with Crippen LogP contribution in [0.1, 0.15) is 20.8 Å². The van der Waals surface area contributed by atoms with Gasteiger partial charge in [-0.3, -0.25) is 14.4 Å². The van der Waals surface area contributed by atoms with Crippen LogP contribution in [-0.4, -0.2) is 85.8 Å². The maximum Gasteiger partial charge on any atom is 0.237 e. The Morgan fingerprint density at radius 3 is 2.00 bits per heavy atom. The number of carbonyl (C=O) groups is 3. The second-order valence-corrected chi connectivity index (χ2v) is 6.48. The van der Waals surface area contributed by atoms with Gasteiger partial charge in [-0.05, 0) is 27.9 Å². The Labute approximate surface area is 132 Å². The van der Waals surface area contributed by atoms with Gasteiger partial charge in [-0.2, -0.15) is 0 Å². The molecule has 1 saturated heterocycles. The topological polar surface area (TPSA) is 73.0 Å². The van der Waals surface area contributed by atoms with Crippen molar-refractivity contribution in [2.45, 2.75) is 20.8 Å². The zero-order valence-electron chi connectivity index (χ0n) is 14.3. The lowest BCUT2D eigenvalue weighted by atomic mass is 9.90. The predicted molar refractivity (Wildman–Crippen MR) is 84.2 cm³/mol. The van der Waals surface area contributed by atoms with Crippen LogP contribution < -0.4 is 5.32 Å². The summed E-state index contributed by atoms with van der Waals surface area (Å²) in [5.41, 5.74) is -1.09. The average Bonchev–Trinajstić information content (AvgIpc) is 2.45. The first-order valence-corrected chi connectivity index (χ1v) is 7.64. The van der Waals surface area contributed by atoms with E-state index >= 15 is 0 Å². The fourth-order valence-electron chi connectivity index (χ4n) is 2.33. The Balaban J connectivity index is 2.55. The molecule has 0 aromatic carbocycles. The summed E-state index contributed by atoms with van der Waals surface area (Å²) in [5.74, 6) is -0.417. The molecule has 0 bridgehead atoms. The van der Waals surface area contributed by atoms with Crippen molar-refractivity contribution >= 4 is 17.7 Å². The molecular weight excluding hydrogens is 284 g/mol. The molecule has 1 rings (SSSR count). The molecule has 0 spiro atoms. The third-order valence-electron chi connectivity index (χ3n) is 3.96. The van der Waals surface area contributed by atoms with E-state index < -0.39 is 5.41 Å². The lowest BCUT2D eigenvalue weighted by Crippen LogP contribution is -2.56. The van der Waals surface area contributed by atoms with Crippen molar-refractivity contribution in [1.29, 1.82) is 0 Å². The van der Waals surface area contributed by atoms with Gasteiger partial charge in [0.15, 0.2) is 0 Å². The normalized spacial score (nSPS) is 15.9. The number of likely N-dealkylation sites (N-methyl/N-ethyl adjacent to an activating group) is 1. The number of carbonyl (C=O) groups excluding carboxylic acids is 3. The molecule has 0 unspecified atom stereocenters. The Morgan fingerprint density at radius 1 is 1.05 bits per heavy atom. The lowest BCUT2D eigenvalue weighted by molar-refractivity contribution is -0.151. The molecule has 1 N–H and O–H groups in total. The summed E-state index contributed by atoms with van der Waals surface area (Å²) in [6.45, 7) is 8.08. The van der Waals surface area contributed by atoms with Gasteiger partial charge in [0.1, 0.15) is 5.41 Å². The second kappa shape index (κ2) is 7.58. The van der Waals surface area contributed by atoms with E-state index in [-0.39, 0.29) is 17.7 Å². The maximum absolute atomic E-state index is 12.6. The Bertz CT molecular complexity index is 427. The summed E-state index contributed by atoms with van der Waals surface area (Å²) in [5, 5.41) is 2.81. The number of hydrogen-bond donors (Lipinski definition) is 1. The first-order valence-electron chi connectivity index (χ1n) is 7.64. The van der Waals surface area contributed by atoms with Gasteiger partial charge in [-0.1, -0.05) is 0 Å². The van der Waals surface area contributed by atoms with E-state index in [2.05, 4.69) is 5.32 Å². The number of hydrogen-bond acceptors (Lipinski definition) is 4. The summed E-state index contributed by atoms with van der Waals surface area (Å²) in [6, 6.07) is 0. The van der Waals surface area contributed by atoms with Gasteiger partial charge in [0.2, 0.25) is 17.7 Å². The molecule has 0 aliphatic carbocycles. The SMILES string of the molecule is CC(=O)N1CCN(C(=O)C(C)(C)C(=O)NCCN(C)C)CC1. The fraction of sp³-hybridized carbons (Fsp3) is 0.800. The lowest BCUT2D eigenvalue weighted by Gasteiger charge is -2.37. The van der Waals surface area contributed by atoms with Crippen LogP contribution >= 0.6 is 0 Å². The molecule has 7 nitrogen and oxygen atoms in total. The van der Waals surface area contributed by atoms with Crippen LogP contribution in [0, 0.1) is 5.41 Å². The highest BCUT2D eigenvalue weighted by atomic mass is 16.2. The molecule has 1 fully saturated rings. The van der Waals surface area contributed by atoms with Crippen molar-refractivity contribution in [3.63, 3.8) is 0 Å². The minimum absolute atomic E-state index is 0.0211. The molecule has 126 valence electrons. The maximum atomic E-state index is 12.6. The summed E-state index contributed by atoms with van der Waals surface area (Å²) in [7, 11) is 3.86. The van der Waals surface area contributed by atoms with Crippen LogP contribution in [0.4, 0.5) is 0 Å². The predicted octanol–water partition coefficient (Wildman–Crippen LogP) is -0.619. The van der Waals surface area contributed by atoms with Crippen molar-refractivity contribution in [3.05, 3.63) is 0 Å². The zero-order chi connectivity index (χ0) is 16.9. The summed E-state index contributed by atoms with van der Waals surface area (Å²) in [6.07, 6.45) is 0. The summed E-state index contributed by atoms with van der Waals surface area (Å²) >= 11 is 0. The molecule has 0 aromatic rings. The first-order chi connectivity index (χ1) is 10.2. The van der Waals surface area contributed by atoms with Crippen molar-refractivity contribution in [2.24, 2.45) is 5.41 Å². The largest absolute Gasteiger partial charge is 0.354 e. The number of nitrogens with one attached hydrogen (secondary N) is 1. The van der Waals surface area contributed by atoms with Crippen molar-refractivity contribution < 1.29 is 14.4 Å². The monoisotopic (exact) mass is 312 g/mol. The van der Waals surface area contributed by atoms with E-state index in [9.17, 15) is 14.4 Å². The number of piperazine rings is 1. The molecule has 0 atom stereocenters. The van der Waals surface area contributed by atoms with Crippen LogP contribution in [0.2, 0.25) is 0 Å². The molecular formula is C15H28N4O3. The van der Waals surface area contributed by atoms with E-state index in [1.165, 1.54) is 6.92 Å². The van der Waals surface area contributed by atoms with E-state index in [0.29, 0.717) is 32.7 Å². The third-order valence-corrected chi connectivity index (χ3v) is 3.96. The Kier molecular flexibility index (Phi) is 6.34. The van der Waals surface area contributed by atoms with Crippen LogP contribution in [0.5, 0.6) is 0 Å². The van der Waals surface area contributed by atoms with Gasteiger partial charge >= 0.3 is 0 Å². The Morgan fingerprint density at radius 2 is 1.55 bits per heavy atom. The van der Waals surface area contributed by atoms with Crippen LogP contribution in [-0.2, 0) is 14.4 Å². The fourth-order valence-corrected chi connectivity index (χ4v) is 2.33. The van der Waals surface area contributed by atoms with Crippen molar-refractivity contribution in [1.82, 2.24) is 20.0 Å². The molecule has 1 aliphatic rings. The third kappa shape index (κ3) is 4.69. The van der Waals surface area contributed by atoms with Crippen molar-refractivity contribution in [2.75, 3.05) is 53.4 Å². The van der Waals surface area contributed by atoms with Gasteiger partial charge in [-0.15, -0.1) is 0 Å². The smallest absolute Gasteiger partial charge is 0.237 e. The summed E-state index contributed by atoms with van der Waals surface area (Å²) in [4.78, 5) is 41.5. The second-order valence-electron chi connectivity index (χ2n) is 6.48. The van der Waals surface area contributed by atoms with Crippen LogP contribution in [0.3, 0.4) is 0 Å². The van der Waals surface area contributed by atoms with E-state index in [1.54, 1.807) is 23.6 Å². The molecule has 0 radical (unpaired) electrons. The quantitative estimate of drug-likeness (QED) is 0.687. The first kappa shape index (κ1) is 18.4. The molecule has 7 heteroatoms. The minimum atomic E-state index is -1.09. The van der Waals surface area contributed by atoms with E-state index in [1.807, 2.05) is 19.0 Å². The van der Waals surface area contributed by atoms with Gasteiger partial charge < -0.3 is 20.0 Å². The number of amides is 3. The van der Waals surface area contributed by atoms with Gasteiger partial charge in [0, 0.05) is 46.2 Å². The number of rotatable bonds is 5. The van der Waals surface area contributed by atoms with Crippen LogP contribution in [0.25, 0.3) is 0 Å². The minimum Gasteiger partial charge on any atom is -0.354 e. The molecule has 0 saturated carbocycles. The average molecular weight is 312 g/mol. The molecule has 0 aromatic heterocycles. The standard InChI is InChI=1S/C15H28N4O3/c1-12(20)18-8-10-19(11-9-18)14(22)15(2,3)13(21)16-6-7-17(4)5/h6-11H2,1-5H3,(H,16,21). The highest BCUT2D eigenvalue weighted by Gasteiger charge is 2.39. The Hall–Kier alpha value is -1.63.